The van der Waals surface area contributed by atoms with E-state index in [0.29, 0.717) is 12.5 Å². The molecule has 0 saturated carbocycles. The molecule has 2 heteroatoms. The van der Waals surface area contributed by atoms with Crippen LogP contribution in [-0.2, 0) is 4.79 Å². The van der Waals surface area contributed by atoms with Crippen molar-refractivity contribution < 1.29 is 4.79 Å². The molecule has 1 fully saturated rings. The Morgan fingerprint density at radius 1 is 1.67 bits per heavy atom. The van der Waals surface area contributed by atoms with Crippen molar-refractivity contribution in [1.82, 2.24) is 5.32 Å². The van der Waals surface area contributed by atoms with Crippen LogP contribution in [0, 0.1) is 0 Å². The molecule has 1 saturated heterocycles. The molecule has 1 heterocycles. The van der Waals surface area contributed by atoms with Crippen LogP contribution in [0.1, 0.15) is 39.0 Å². The quantitative estimate of drug-likeness (QED) is 0.640. The van der Waals surface area contributed by atoms with Crippen molar-refractivity contribution in [3.05, 3.63) is 12.2 Å². The fraction of sp³-hybridized carbons (Fsp3) is 0.700. The number of nitrogens with one attached hydrogen (secondary N) is 1. The first-order valence-electron chi connectivity index (χ1n) is 4.79. The number of piperidine rings is 1. The first-order valence-corrected chi connectivity index (χ1v) is 4.79. The van der Waals surface area contributed by atoms with Crippen molar-refractivity contribution in [3.8, 4) is 0 Å². The Labute approximate surface area is 74.0 Å². The molecule has 0 bridgehead atoms. The maximum Gasteiger partial charge on any atom is 0.220 e. The zero-order valence-corrected chi connectivity index (χ0v) is 7.68. The molecule has 2 nitrogen and oxygen atoms in total. The number of unbranched alkanes of at least 4 members (excludes halogenated alkanes) is 1. The van der Waals surface area contributed by atoms with Gasteiger partial charge in [-0.3, -0.25) is 4.79 Å². The molecule has 0 radical (unpaired) electrons. The third-order valence-electron chi connectivity index (χ3n) is 2.09. The smallest absolute Gasteiger partial charge is 0.220 e. The van der Waals surface area contributed by atoms with Gasteiger partial charge in [-0.05, 0) is 19.3 Å². The van der Waals surface area contributed by atoms with Crippen LogP contribution in [0.15, 0.2) is 12.2 Å². The maximum absolute atomic E-state index is 11.0. The van der Waals surface area contributed by atoms with E-state index >= 15 is 0 Å². The summed E-state index contributed by atoms with van der Waals surface area (Å²) in [5.74, 6) is 0.201. The van der Waals surface area contributed by atoms with E-state index in [4.69, 9.17) is 0 Å². The van der Waals surface area contributed by atoms with Gasteiger partial charge in [-0.25, -0.2) is 0 Å². The standard InChI is InChI=1S/C10H17NO/c1-2-3-4-6-9-7-5-8-10(12)11-9/h4,6,9H,2-3,5,7-8H2,1H3,(H,11,12)/b6-4+. The third kappa shape index (κ3) is 3.07. The van der Waals surface area contributed by atoms with Crippen LogP contribution < -0.4 is 5.32 Å². The fourth-order valence-corrected chi connectivity index (χ4v) is 1.41. The molecule has 0 aromatic rings. The fourth-order valence-electron chi connectivity index (χ4n) is 1.41. The summed E-state index contributed by atoms with van der Waals surface area (Å²) >= 11 is 0. The number of hydrogen-bond donors (Lipinski definition) is 1. The summed E-state index contributed by atoms with van der Waals surface area (Å²) in [6.07, 6.45) is 9.43. The van der Waals surface area contributed by atoms with Gasteiger partial charge in [0.15, 0.2) is 0 Å². The Bertz CT molecular complexity index is 175. The monoisotopic (exact) mass is 167 g/mol. The van der Waals surface area contributed by atoms with E-state index in [-0.39, 0.29) is 5.91 Å². The van der Waals surface area contributed by atoms with Gasteiger partial charge in [0.1, 0.15) is 0 Å². The molecule has 68 valence electrons. The lowest BCUT2D eigenvalue weighted by atomic mass is 10.0. The van der Waals surface area contributed by atoms with Gasteiger partial charge in [0.2, 0.25) is 5.91 Å². The van der Waals surface area contributed by atoms with E-state index in [1.54, 1.807) is 0 Å². The largest absolute Gasteiger partial charge is 0.350 e. The van der Waals surface area contributed by atoms with Crippen LogP contribution in [0.2, 0.25) is 0 Å². The summed E-state index contributed by atoms with van der Waals surface area (Å²) in [6, 6.07) is 0.304. The van der Waals surface area contributed by atoms with E-state index in [1.807, 2.05) is 0 Å². The van der Waals surface area contributed by atoms with Crippen LogP contribution in [0.4, 0.5) is 0 Å². The van der Waals surface area contributed by atoms with Crippen molar-refractivity contribution in [2.75, 3.05) is 0 Å². The molecule has 1 atom stereocenters. The minimum Gasteiger partial charge on any atom is -0.350 e. The van der Waals surface area contributed by atoms with Crippen LogP contribution >= 0.6 is 0 Å². The van der Waals surface area contributed by atoms with Crippen LogP contribution in [0.3, 0.4) is 0 Å². The molecule has 1 aliphatic heterocycles. The second-order valence-corrected chi connectivity index (χ2v) is 3.28. The third-order valence-corrected chi connectivity index (χ3v) is 2.09. The summed E-state index contributed by atoms with van der Waals surface area (Å²) in [4.78, 5) is 11.0. The number of hydrogen-bond acceptors (Lipinski definition) is 1. The van der Waals surface area contributed by atoms with Gasteiger partial charge in [-0.1, -0.05) is 25.5 Å². The Morgan fingerprint density at radius 2 is 2.50 bits per heavy atom. The Balaban J connectivity index is 2.26. The first kappa shape index (κ1) is 9.30. The lowest BCUT2D eigenvalue weighted by Crippen LogP contribution is -2.37. The molecular weight excluding hydrogens is 150 g/mol. The summed E-state index contributed by atoms with van der Waals surface area (Å²) in [5, 5.41) is 2.95. The van der Waals surface area contributed by atoms with E-state index in [2.05, 4.69) is 24.4 Å². The zero-order chi connectivity index (χ0) is 8.81. The predicted molar refractivity (Wildman–Crippen MR) is 49.8 cm³/mol. The highest BCUT2D eigenvalue weighted by Gasteiger charge is 2.14. The summed E-state index contributed by atoms with van der Waals surface area (Å²) in [5.41, 5.74) is 0. The van der Waals surface area contributed by atoms with Crippen LogP contribution in [0.5, 0.6) is 0 Å². The number of amides is 1. The van der Waals surface area contributed by atoms with E-state index in [1.165, 1.54) is 6.42 Å². The van der Waals surface area contributed by atoms with Gasteiger partial charge in [-0.15, -0.1) is 0 Å². The van der Waals surface area contributed by atoms with Gasteiger partial charge in [0.25, 0.3) is 0 Å². The Kier molecular flexibility index (Phi) is 3.85. The van der Waals surface area contributed by atoms with Gasteiger partial charge < -0.3 is 5.32 Å². The van der Waals surface area contributed by atoms with Crippen LogP contribution in [0.25, 0.3) is 0 Å². The highest BCUT2D eigenvalue weighted by atomic mass is 16.1. The number of carbonyl (C=O) groups excluding carboxylic acids is 1. The zero-order valence-electron chi connectivity index (χ0n) is 7.68. The maximum atomic E-state index is 11.0. The number of allylic oxidation sites excluding steroid dienone is 1. The van der Waals surface area contributed by atoms with Gasteiger partial charge in [0.05, 0.1) is 0 Å². The van der Waals surface area contributed by atoms with Crippen molar-refractivity contribution in [3.63, 3.8) is 0 Å². The number of rotatable bonds is 3. The molecule has 0 aromatic heterocycles. The average molecular weight is 167 g/mol. The van der Waals surface area contributed by atoms with E-state index < -0.39 is 0 Å². The molecule has 1 unspecified atom stereocenters. The second kappa shape index (κ2) is 4.96. The number of carbonyl (C=O) groups is 1. The Morgan fingerprint density at radius 3 is 3.17 bits per heavy atom. The topological polar surface area (TPSA) is 29.1 Å². The summed E-state index contributed by atoms with van der Waals surface area (Å²) in [7, 11) is 0. The van der Waals surface area contributed by atoms with E-state index in [0.717, 1.165) is 19.3 Å². The highest BCUT2D eigenvalue weighted by Crippen LogP contribution is 2.09. The molecule has 1 aliphatic rings. The normalized spacial score (nSPS) is 24.4. The van der Waals surface area contributed by atoms with E-state index in [9.17, 15) is 4.79 Å². The second-order valence-electron chi connectivity index (χ2n) is 3.28. The van der Waals surface area contributed by atoms with Crippen molar-refractivity contribution in [1.29, 1.82) is 0 Å². The molecule has 1 amide bonds. The minimum absolute atomic E-state index is 0.201. The van der Waals surface area contributed by atoms with Gasteiger partial charge in [-0.2, -0.15) is 0 Å². The molecule has 0 spiro atoms. The lowest BCUT2D eigenvalue weighted by Gasteiger charge is -2.19. The summed E-state index contributed by atoms with van der Waals surface area (Å²) in [6.45, 7) is 2.16. The lowest BCUT2D eigenvalue weighted by molar-refractivity contribution is -0.122. The van der Waals surface area contributed by atoms with Gasteiger partial charge in [0, 0.05) is 12.5 Å². The minimum atomic E-state index is 0.201. The van der Waals surface area contributed by atoms with Crippen molar-refractivity contribution in [2.24, 2.45) is 0 Å². The summed E-state index contributed by atoms with van der Waals surface area (Å²) < 4.78 is 0. The SMILES string of the molecule is CCC/C=C/C1CCCC(=O)N1. The molecule has 12 heavy (non-hydrogen) atoms. The molecule has 0 aliphatic carbocycles. The average Bonchev–Trinajstić information content (AvgIpc) is 2.05. The Hall–Kier alpha value is -0.790. The van der Waals surface area contributed by atoms with Crippen molar-refractivity contribution >= 4 is 5.91 Å². The molecule has 0 aromatic carbocycles. The predicted octanol–water partition coefficient (Wildman–Crippen LogP) is 2.01. The van der Waals surface area contributed by atoms with Gasteiger partial charge >= 0.3 is 0 Å². The molecular formula is C10H17NO. The van der Waals surface area contributed by atoms with Crippen molar-refractivity contribution in [2.45, 2.75) is 45.1 Å². The molecule has 1 rings (SSSR count). The first-order chi connectivity index (χ1) is 5.83. The molecule has 1 N–H and O–H groups in total. The van der Waals surface area contributed by atoms with Crippen LogP contribution in [-0.4, -0.2) is 11.9 Å². The highest BCUT2D eigenvalue weighted by molar-refractivity contribution is 5.77.